The molecule has 1 unspecified atom stereocenters. The Balaban J connectivity index is 2.13. The van der Waals surface area contributed by atoms with Crippen LogP contribution in [-0.2, 0) is 10.0 Å². The standard InChI is InChI=1S/C17H15F3N4O3S/c1-11-2-4-12(5-3-11)15-10-16(17(18,19)20)24(22-25)23(15)13-6-8-14(9-7-13)28(21,26)27/h2-10,16H,1H3,(H2,21,26,27). The number of primary sulfonamides is 1. The summed E-state index contributed by atoms with van der Waals surface area (Å²) < 4.78 is 63.2. The van der Waals surface area contributed by atoms with Crippen LogP contribution in [-0.4, -0.2) is 25.8 Å². The molecule has 3 rings (SSSR count). The molecule has 1 aliphatic heterocycles. The molecule has 0 aliphatic carbocycles. The molecular weight excluding hydrogens is 397 g/mol. The third kappa shape index (κ3) is 3.71. The summed E-state index contributed by atoms with van der Waals surface area (Å²) >= 11 is 0. The van der Waals surface area contributed by atoms with Gasteiger partial charge in [-0.25, -0.2) is 18.6 Å². The topological polar surface area (TPSA) is 96.1 Å². The van der Waals surface area contributed by atoms with Gasteiger partial charge in [0.1, 0.15) is 0 Å². The molecule has 0 amide bonds. The largest absolute Gasteiger partial charge is 0.416 e. The number of alkyl halides is 3. The van der Waals surface area contributed by atoms with Gasteiger partial charge in [0.2, 0.25) is 10.0 Å². The number of anilines is 1. The first-order chi connectivity index (χ1) is 13.0. The van der Waals surface area contributed by atoms with E-state index < -0.39 is 22.2 Å². The Kier molecular flexibility index (Phi) is 4.90. The molecule has 148 valence electrons. The van der Waals surface area contributed by atoms with Gasteiger partial charge in [0.25, 0.3) is 0 Å². The monoisotopic (exact) mass is 412 g/mol. The van der Waals surface area contributed by atoms with E-state index in [0.29, 0.717) is 5.56 Å². The van der Waals surface area contributed by atoms with Crippen LogP contribution in [0.25, 0.3) is 5.70 Å². The Bertz CT molecular complexity index is 1020. The van der Waals surface area contributed by atoms with Crippen LogP contribution in [0.15, 0.2) is 64.8 Å². The number of nitrogens with zero attached hydrogens (tertiary/aromatic N) is 3. The van der Waals surface area contributed by atoms with Gasteiger partial charge in [-0.2, -0.15) is 13.2 Å². The lowest BCUT2D eigenvalue weighted by Crippen LogP contribution is -2.45. The molecule has 7 nitrogen and oxygen atoms in total. The molecular formula is C17H15F3N4O3S. The van der Waals surface area contributed by atoms with Crippen molar-refractivity contribution in [2.75, 3.05) is 5.01 Å². The Morgan fingerprint density at radius 2 is 1.61 bits per heavy atom. The van der Waals surface area contributed by atoms with E-state index in [1.807, 2.05) is 6.92 Å². The average molecular weight is 412 g/mol. The van der Waals surface area contributed by atoms with E-state index in [0.717, 1.165) is 28.8 Å². The van der Waals surface area contributed by atoms with E-state index in [2.05, 4.69) is 5.29 Å². The number of hydrogen-bond donors (Lipinski definition) is 1. The van der Waals surface area contributed by atoms with Gasteiger partial charge < -0.3 is 0 Å². The summed E-state index contributed by atoms with van der Waals surface area (Å²) in [5, 5.41) is 8.85. The lowest BCUT2D eigenvalue weighted by Gasteiger charge is -2.31. The van der Waals surface area contributed by atoms with E-state index in [4.69, 9.17) is 5.14 Å². The third-order valence-electron chi connectivity index (χ3n) is 4.17. The average Bonchev–Trinajstić information content (AvgIpc) is 3.01. The van der Waals surface area contributed by atoms with Crippen molar-refractivity contribution in [2.45, 2.75) is 24.0 Å². The summed E-state index contributed by atoms with van der Waals surface area (Å²) in [6, 6.07) is 9.19. The molecule has 11 heteroatoms. The van der Waals surface area contributed by atoms with E-state index >= 15 is 0 Å². The van der Waals surface area contributed by atoms with Gasteiger partial charge >= 0.3 is 6.18 Å². The fourth-order valence-corrected chi connectivity index (χ4v) is 3.33. The molecule has 1 aliphatic rings. The summed E-state index contributed by atoms with van der Waals surface area (Å²) in [5.74, 6) is 0. The minimum absolute atomic E-state index is 0.0882. The maximum atomic E-state index is 13.5. The number of hydrazine groups is 1. The van der Waals surface area contributed by atoms with Crippen LogP contribution >= 0.6 is 0 Å². The molecule has 2 aromatic carbocycles. The lowest BCUT2D eigenvalue weighted by molar-refractivity contribution is -0.167. The molecule has 0 saturated carbocycles. The van der Waals surface area contributed by atoms with Crippen molar-refractivity contribution in [3.8, 4) is 0 Å². The molecule has 0 saturated heterocycles. The van der Waals surface area contributed by atoms with Crippen LogP contribution in [0.4, 0.5) is 18.9 Å². The number of benzene rings is 2. The van der Waals surface area contributed by atoms with Gasteiger partial charge in [0, 0.05) is 0 Å². The fourth-order valence-electron chi connectivity index (χ4n) is 2.81. The van der Waals surface area contributed by atoms with Crippen LogP contribution in [0.1, 0.15) is 11.1 Å². The van der Waals surface area contributed by atoms with E-state index in [9.17, 15) is 26.5 Å². The van der Waals surface area contributed by atoms with Gasteiger partial charge in [-0.1, -0.05) is 29.8 Å². The minimum atomic E-state index is -4.75. The Hall–Kier alpha value is -2.92. The van der Waals surface area contributed by atoms with E-state index in [1.165, 1.54) is 12.1 Å². The molecule has 0 spiro atoms. The van der Waals surface area contributed by atoms with Crippen molar-refractivity contribution < 1.29 is 21.6 Å². The molecule has 2 aromatic rings. The second kappa shape index (κ2) is 6.91. The predicted molar refractivity (Wildman–Crippen MR) is 96.9 cm³/mol. The highest BCUT2D eigenvalue weighted by Gasteiger charge is 2.50. The van der Waals surface area contributed by atoms with Crippen LogP contribution in [0.5, 0.6) is 0 Å². The van der Waals surface area contributed by atoms with Crippen molar-refractivity contribution in [1.29, 1.82) is 0 Å². The molecule has 1 heterocycles. The normalized spacial score (nSPS) is 17.6. The van der Waals surface area contributed by atoms with Crippen LogP contribution in [0.3, 0.4) is 0 Å². The first-order valence-electron chi connectivity index (χ1n) is 7.93. The quantitative estimate of drug-likeness (QED) is 0.777. The summed E-state index contributed by atoms with van der Waals surface area (Å²) in [5.41, 5.74) is 1.54. The summed E-state index contributed by atoms with van der Waals surface area (Å²) in [4.78, 5) is 11.1. The molecule has 1 atom stereocenters. The second-order valence-corrected chi connectivity index (χ2v) is 7.72. The number of aryl methyl sites for hydroxylation is 1. The maximum absolute atomic E-state index is 13.5. The van der Waals surface area contributed by atoms with Gasteiger partial charge in [0.15, 0.2) is 6.04 Å². The number of rotatable bonds is 4. The van der Waals surface area contributed by atoms with Gasteiger partial charge in [-0.05, 0) is 42.8 Å². The summed E-state index contributed by atoms with van der Waals surface area (Å²) in [6.45, 7) is 1.83. The maximum Gasteiger partial charge on any atom is 0.416 e. The van der Waals surface area contributed by atoms with E-state index in [1.54, 1.807) is 24.3 Å². The minimum Gasteiger partial charge on any atom is -0.234 e. The second-order valence-electron chi connectivity index (χ2n) is 6.16. The van der Waals surface area contributed by atoms with Crippen molar-refractivity contribution in [3.63, 3.8) is 0 Å². The molecule has 0 fully saturated rings. The molecule has 0 bridgehead atoms. The zero-order valence-electron chi connectivity index (χ0n) is 14.5. The first-order valence-corrected chi connectivity index (χ1v) is 9.48. The Morgan fingerprint density at radius 1 is 1.04 bits per heavy atom. The summed E-state index contributed by atoms with van der Waals surface area (Å²) in [7, 11) is -3.98. The Labute approximate surface area is 158 Å². The van der Waals surface area contributed by atoms with Crippen molar-refractivity contribution in [1.82, 2.24) is 5.12 Å². The fraction of sp³-hybridized carbons (Fsp3) is 0.176. The van der Waals surface area contributed by atoms with Gasteiger partial charge in [-0.3, -0.25) is 0 Å². The Morgan fingerprint density at radius 3 is 2.07 bits per heavy atom. The highest BCUT2D eigenvalue weighted by molar-refractivity contribution is 7.89. The highest BCUT2D eigenvalue weighted by atomic mass is 32.2. The van der Waals surface area contributed by atoms with Crippen molar-refractivity contribution >= 4 is 21.4 Å². The predicted octanol–water partition coefficient (Wildman–Crippen LogP) is 3.33. The number of sulfonamides is 1. The number of nitroso groups, excluding NO2 is 1. The smallest absolute Gasteiger partial charge is 0.234 e. The number of hydrogen-bond acceptors (Lipinski definition) is 5. The SMILES string of the molecule is Cc1ccc(C2=CC(C(F)(F)F)N(N=O)N2c2ccc(S(N)(=O)=O)cc2)cc1. The van der Waals surface area contributed by atoms with Crippen LogP contribution in [0, 0.1) is 11.8 Å². The summed E-state index contributed by atoms with van der Waals surface area (Å²) in [6.07, 6.45) is -3.86. The zero-order valence-corrected chi connectivity index (χ0v) is 15.3. The molecule has 0 radical (unpaired) electrons. The lowest BCUT2D eigenvalue weighted by atomic mass is 10.1. The highest BCUT2D eigenvalue weighted by Crippen LogP contribution is 2.41. The van der Waals surface area contributed by atoms with E-state index in [-0.39, 0.29) is 21.4 Å². The van der Waals surface area contributed by atoms with Crippen LogP contribution < -0.4 is 10.1 Å². The third-order valence-corrected chi connectivity index (χ3v) is 5.10. The van der Waals surface area contributed by atoms with Crippen molar-refractivity contribution in [3.05, 3.63) is 70.6 Å². The van der Waals surface area contributed by atoms with Crippen molar-refractivity contribution in [2.24, 2.45) is 10.4 Å². The molecule has 2 N–H and O–H groups in total. The molecule has 0 aromatic heterocycles. The van der Waals surface area contributed by atoms with Crippen LogP contribution in [0.2, 0.25) is 0 Å². The molecule has 28 heavy (non-hydrogen) atoms. The first kappa shape index (κ1) is 19.8. The zero-order chi connectivity index (χ0) is 20.7. The van der Waals surface area contributed by atoms with Gasteiger partial charge in [0.05, 0.1) is 21.6 Å². The number of nitrogens with two attached hydrogens (primary N) is 1. The van der Waals surface area contributed by atoms with Gasteiger partial charge in [-0.15, -0.1) is 10.0 Å². The number of halogens is 3.